The first kappa shape index (κ1) is 20.1. The normalized spacial score (nSPS) is 11.0. The van der Waals surface area contributed by atoms with E-state index >= 15 is 0 Å². The number of oxazole rings is 1. The Morgan fingerprint density at radius 1 is 1.08 bits per heavy atom. The topological polar surface area (TPSA) is 87.4 Å². The van der Waals surface area contributed by atoms with Gasteiger partial charge in [0.2, 0.25) is 0 Å². The van der Waals surface area contributed by atoms with Crippen molar-refractivity contribution in [3.63, 3.8) is 0 Å². The molecule has 1 amide bonds. The Morgan fingerprint density at radius 3 is 2.54 bits per heavy atom. The van der Waals surface area contributed by atoms with E-state index in [2.05, 4.69) is 28.6 Å². The van der Waals surface area contributed by atoms with Gasteiger partial charge < -0.3 is 20.2 Å². The molecule has 0 radical (unpaired) electrons. The monoisotopic (exact) mass is 361 g/mol. The fourth-order valence-electron chi connectivity index (χ4n) is 3.07. The number of hydrogen-bond donors (Lipinski definition) is 3. The Hall–Kier alpha value is -2.24. The second kappa shape index (κ2) is 11.4. The van der Waals surface area contributed by atoms with Crippen molar-refractivity contribution >= 4 is 23.2 Å². The highest BCUT2D eigenvalue weighted by atomic mass is 16.4. The van der Waals surface area contributed by atoms with Gasteiger partial charge >= 0.3 is 6.09 Å². The van der Waals surface area contributed by atoms with Crippen LogP contribution in [0.2, 0.25) is 0 Å². The van der Waals surface area contributed by atoms with E-state index in [-0.39, 0.29) is 0 Å². The maximum Gasteiger partial charge on any atom is 0.404 e. The number of unbranched alkanes of at least 4 members (excludes halogenated alkanes) is 7. The Kier molecular flexibility index (Phi) is 8.79. The van der Waals surface area contributed by atoms with Crippen LogP contribution in [0.3, 0.4) is 0 Å². The SMILES string of the molecule is CCCCCCCCCCc1cccc2oc(NCCNC(=O)O)nc12. The minimum Gasteiger partial charge on any atom is -0.465 e. The summed E-state index contributed by atoms with van der Waals surface area (Å²) in [4.78, 5) is 15.0. The van der Waals surface area contributed by atoms with Crippen molar-refractivity contribution in [3.8, 4) is 0 Å². The van der Waals surface area contributed by atoms with Crippen LogP contribution in [0.1, 0.15) is 63.9 Å². The zero-order valence-corrected chi connectivity index (χ0v) is 15.7. The van der Waals surface area contributed by atoms with E-state index in [1.165, 1.54) is 56.9 Å². The first-order chi connectivity index (χ1) is 12.7. The number of hydrogen-bond acceptors (Lipinski definition) is 4. The van der Waals surface area contributed by atoms with Gasteiger partial charge in [0.1, 0.15) is 5.52 Å². The van der Waals surface area contributed by atoms with Gasteiger partial charge in [0.25, 0.3) is 6.01 Å². The molecule has 0 spiro atoms. The molecule has 144 valence electrons. The Morgan fingerprint density at radius 2 is 1.81 bits per heavy atom. The second-order valence-electron chi connectivity index (χ2n) is 6.67. The van der Waals surface area contributed by atoms with Crippen LogP contribution in [0.5, 0.6) is 0 Å². The van der Waals surface area contributed by atoms with Crippen molar-refractivity contribution < 1.29 is 14.3 Å². The minimum atomic E-state index is -1.03. The number of anilines is 1. The van der Waals surface area contributed by atoms with Crippen LogP contribution in [-0.2, 0) is 6.42 Å². The minimum absolute atomic E-state index is 0.305. The fraction of sp³-hybridized carbons (Fsp3) is 0.600. The van der Waals surface area contributed by atoms with Gasteiger partial charge in [0.05, 0.1) is 0 Å². The van der Waals surface area contributed by atoms with Crippen molar-refractivity contribution in [2.24, 2.45) is 0 Å². The third kappa shape index (κ3) is 6.94. The molecule has 26 heavy (non-hydrogen) atoms. The number of amides is 1. The zero-order valence-electron chi connectivity index (χ0n) is 15.7. The summed E-state index contributed by atoms with van der Waals surface area (Å²) in [5.41, 5.74) is 2.90. The van der Waals surface area contributed by atoms with Crippen molar-refractivity contribution in [1.29, 1.82) is 0 Å². The number of benzene rings is 1. The lowest BCUT2D eigenvalue weighted by Gasteiger charge is -2.03. The van der Waals surface area contributed by atoms with Gasteiger partial charge in [-0.25, -0.2) is 4.79 Å². The van der Waals surface area contributed by atoms with Crippen molar-refractivity contribution in [2.75, 3.05) is 18.4 Å². The zero-order chi connectivity index (χ0) is 18.6. The number of fused-ring (bicyclic) bond motifs is 1. The number of para-hydroxylation sites is 1. The van der Waals surface area contributed by atoms with Gasteiger partial charge in [0.15, 0.2) is 5.58 Å². The van der Waals surface area contributed by atoms with Crippen LogP contribution < -0.4 is 10.6 Å². The van der Waals surface area contributed by atoms with Crippen LogP contribution in [0.25, 0.3) is 11.1 Å². The number of nitrogens with zero attached hydrogens (tertiary/aromatic N) is 1. The van der Waals surface area contributed by atoms with Crippen molar-refractivity contribution in [2.45, 2.75) is 64.7 Å². The van der Waals surface area contributed by atoms with Gasteiger partial charge in [-0.1, -0.05) is 64.0 Å². The molecule has 1 aromatic heterocycles. The van der Waals surface area contributed by atoms with Gasteiger partial charge in [0, 0.05) is 13.1 Å². The maximum atomic E-state index is 10.4. The number of carboxylic acid groups (broad SMARTS) is 1. The predicted molar refractivity (Wildman–Crippen MR) is 105 cm³/mol. The predicted octanol–water partition coefficient (Wildman–Crippen LogP) is 5.19. The third-order valence-electron chi connectivity index (χ3n) is 4.48. The summed E-state index contributed by atoms with van der Waals surface area (Å²) in [5.74, 6) is 0. The van der Waals surface area contributed by atoms with Crippen LogP contribution in [-0.4, -0.2) is 29.3 Å². The van der Waals surface area contributed by atoms with E-state index in [4.69, 9.17) is 9.52 Å². The molecule has 2 aromatic rings. The Balaban J connectivity index is 1.76. The molecule has 1 heterocycles. The lowest BCUT2D eigenvalue weighted by atomic mass is 10.0. The lowest BCUT2D eigenvalue weighted by Crippen LogP contribution is -2.26. The van der Waals surface area contributed by atoms with E-state index in [9.17, 15) is 4.79 Å². The van der Waals surface area contributed by atoms with Crippen LogP contribution in [0.4, 0.5) is 10.8 Å². The van der Waals surface area contributed by atoms with Crippen LogP contribution in [0, 0.1) is 0 Å². The summed E-state index contributed by atoms with van der Waals surface area (Å²) in [5, 5.41) is 13.9. The molecule has 0 fully saturated rings. The van der Waals surface area contributed by atoms with E-state index in [0.29, 0.717) is 19.1 Å². The highest BCUT2D eigenvalue weighted by Crippen LogP contribution is 2.23. The first-order valence-corrected chi connectivity index (χ1v) is 9.79. The largest absolute Gasteiger partial charge is 0.465 e. The molecule has 0 atom stereocenters. The molecule has 0 aliphatic rings. The average Bonchev–Trinajstić information content (AvgIpc) is 3.04. The van der Waals surface area contributed by atoms with Gasteiger partial charge in [-0.2, -0.15) is 4.98 Å². The quantitative estimate of drug-likeness (QED) is 0.427. The van der Waals surface area contributed by atoms with Gasteiger partial charge in [-0.3, -0.25) is 0 Å². The number of carbonyl (C=O) groups is 1. The van der Waals surface area contributed by atoms with Crippen LogP contribution in [0.15, 0.2) is 22.6 Å². The maximum absolute atomic E-state index is 10.4. The van der Waals surface area contributed by atoms with E-state index in [0.717, 1.165) is 17.5 Å². The number of nitrogens with one attached hydrogen (secondary N) is 2. The molecular formula is C20H31N3O3. The number of rotatable bonds is 13. The molecule has 0 aliphatic carbocycles. The number of aryl methyl sites for hydroxylation is 1. The summed E-state index contributed by atoms with van der Waals surface area (Å²) >= 11 is 0. The fourth-order valence-corrected chi connectivity index (χ4v) is 3.07. The Labute approximate surface area is 155 Å². The molecule has 2 rings (SSSR count). The van der Waals surface area contributed by atoms with Gasteiger partial charge in [-0.05, 0) is 24.5 Å². The molecule has 1 aromatic carbocycles. The van der Waals surface area contributed by atoms with E-state index < -0.39 is 6.09 Å². The molecule has 6 heteroatoms. The molecule has 0 unspecified atom stereocenters. The molecular weight excluding hydrogens is 330 g/mol. The lowest BCUT2D eigenvalue weighted by molar-refractivity contribution is 0.195. The number of aromatic nitrogens is 1. The summed E-state index contributed by atoms with van der Waals surface area (Å²) in [6.07, 6.45) is 10.4. The molecule has 0 saturated heterocycles. The first-order valence-electron chi connectivity index (χ1n) is 9.79. The highest BCUT2D eigenvalue weighted by molar-refractivity contribution is 5.78. The smallest absolute Gasteiger partial charge is 0.404 e. The molecule has 0 saturated carbocycles. The van der Waals surface area contributed by atoms with Crippen LogP contribution >= 0.6 is 0 Å². The summed E-state index contributed by atoms with van der Waals surface area (Å²) in [7, 11) is 0. The summed E-state index contributed by atoms with van der Waals surface area (Å²) in [6, 6.07) is 6.47. The average molecular weight is 361 g/mol. The standard InChI is InChI=1S/C20H31N3O3/c1-2-3-4-5-6-7-8-9-11-16-12-10-13-17-18(16)23-19(26-17)21-14-15-22-20(24)25/h10,12-13,22H,2-9,11,14-15H2,1H3,(H,21,23)(H,24,25). The Bertz CT molecular complexity index is 669. The third-order valence-corrected chi connectivity index (χ3v) is 4.48. The summed E-state index contributed by atoms with van der Waals surface area (Å²) < 4.78 is 5.70. The van der Waals surface area contributed by atoms with E-state index in [1.54, 1.807) is 0 Å². The summed E-state index contributed by atoms with van der Waals surface area (Å²) in [6.45, 7) is 2.99. The molecule has 3 N–H and O–H groups in total. The molecule has 0 aliphatic heterocycles. The van der Waals surface area contributed by atoms with Gasteiger partial charge in [-0.15, -0.1) is 0 Å². The second-order valence-corrected chi connectivity index (χ2v) is 6.67. The molecule has 0 bridgehead atoms. The van der Waals surface area contributed by atoms with E-state index in [1.807, 2.05) is 12.1 Å². The highest BCUT2D eigenvalue weighted by Gasteiger charge is 2.09. The van der Waals surface area contributed by atoms with Crippen molar-refractivity contribution in [1.82, 2.24) is 10.3 Å². The molecule has 6 nitrogen and oxygen atoms in total. The van der Waals surface area contributed by atoms with Crippen molar-refractivity contribution in [3.05, 3.63) is 23.8 Å².